The number of halogens is 1. The number of thiophene rings is 1. The SMILES string of the molecule is NC(=O)c1csc2ccc(Cl)cc12. The second kappa shape index (κ2) is 3.01. The summed E-state index contributed by atoms with van der Waals surface area (Å²) in [5.41, 5.74) is 5.74. The highest BCUT2D eigenvalue weighted by molar-refractivity contribution is 7.17. The van der Waals surface area contributed by atoms with E-state index in [1.165, 1.54) is 11.3 Å². The zero-order valence-electron chi connectivity index (χ0n) is 6.58. The molecule has 0 atom stereocenters. The molecule has 13 heavy (non-hydrogen) atoms. The molecule has 1 aromatic heterocycles. The summed E-state index contributed by atoms with van der Waals surface area (Å²) < 4.78 is 1.03. The van der Waals surface area contributed by atoms with Crippen molar-refractivity contribution in [3.05, 3.63) is 34.2 Å². The molecule has 66 valence electrons. The summed E-state index contributed by atoms with van der Waals surface area (Å²) in [5, 5.41) is 3.21. The summed E-state index contributed by atoms with van der Waals surface area (Å²) in [5.74, 6) is -0.409. The number of nitrogens with two attached hydrogens (primary N) is 1. The molecule has 0 radical (unpaired) electrons. The summed E-state index contributed by atoms with van der Waals surface area (Å²) in [4.78, 5) is 11.0. The average molecular weight is 212 g/mol. The summed E-state index contributed by atoms with van der Waals surface area (Å²) in [6, 6.07) is 5.44. The topological polar surface area (TPSA) is 43.1 Å². The zero-order valence-corrected chi connectivity index (χ0v) is 8.15. The molecule has 1 heterocycles. The summed E-state index contributed by atoms with van der Waals surface area (Å²) in [7, 11) is 0. The number of carbonyl (C=O) groups excluding carboxylic acids is 1. The van der Waals surface area contributed by atoms with Gasteiger partial charge in [0.25, 0.3) is 0 Å². The molecule has 4 heteroatoms. The van der Waals surface area contributed by atoms with Gasteiger partial charge < -0.3 is 5.73 Å². The van der Waals surface area contributed by atoms with Crippen LogP contribution in [0.25, 0.3) is 10.1 Å². The van der Waals surface area contributed by atoms with Gasteiger partial charge in [0, 0.05) is 20.5 Å². The van der Waals surface area contributed by atoms with Crippen molar-refractivity contribution in [2.24, 2.45) is 5.73 Å². The van der Waals surface area contributed by atoms with E-state index in [9.17, 15) is 4.79 Å². The van der Waals surface area contributed by atoms with Crippen LogP contribution in [0, 0.1) is 0 Å². The van der Waals surface area contributed by atoms with Crippen LogP contribution >= 0.6 is 22.9 Å². The lowest BCUT2D eigenvalue weighted by Crippen LogP contribution is -2.09. The highest BCUT2D eigenvalue weighted by Gasteiger charge is 2.08. The monoisotopic (exact) mass is 211 g/mol. The van der Waals surface area contributed by atoms with Crippen molar-refractivity contribution in [1.82, 2.24) is 0 Å². The molecule has 0 saturated carbocycles. The largest absolute Gasteiger partial charge is 0.366 e. The van der Waals surface area contributed by atoms with Gasteiger partial charge in [-0.05, 0) is 18.2 Å². The van der Waals surface area contributed by atoms with Gasteiger partial charge in [-0.1, -0.05) is 11.6 Å². The van der Waals surface area contributed by atoms with E-state index in [1.54, 1.807) is 17.5 Å². The first kappa shape index (κ1) is 8.53. The van der Waals surface area contributed by atoms with Crippen LogP contribution in [-0.2, 0) is 0 Å². The Morgan fingerprint density at radius 1 is 1.46 bits per heavy atom. The molecule has 0 aliphatic carbocycles. The molecule has 0 bridgehead atoms. The minimum atomic E-state index is -0.409. The number of primary amides is 1. The van der Waals surface area contributed by atoms with E-state index in [0.717, 1.165) is 10.1 Å². The van der Waals surface area contributed by atoms with E-state index in [1.807, 2.05) is 6.07 Å². The summed E-state index contributed by atoms with van der Waals surface area (Å²) in [6.07, 6.45) is 0. The first-order chi connectivity index (χ1) is 6.18. The van der Waals surface area contributed by atoms with E-state index in [-0.39, 0.29) is 0 Å². The molecule has 0 saturated heterocycles. The third kappa shape index (κ3) is 1.41. The standard InChI is InChI=1S/C9H6ClNOS/c10-5-1-2-8-6(3-5)7(4-13-8)9(11)12/h1-4H,(H2,11,12). The fourth-order valence-electron chi connectivity index (χ4n) is 1.19. The Morgan fingerprint density at radius 3 is 2.92 bits per heavy atom. The molecule has 2 N–H and O–H groups in total. The Morgan fingerprint density at radius 2 is 2.23 bits per heavy atom. The smallest absolute Gasteiger partial charge is 0.250 e. The van der Waals surface area contributed by atoms with Crippen molar-refractivity contribution in [3.63, 3.8) is 0 Å². The zero-order chi connectivity index (χ0) is 9.42. The number of hydrogen-bond donors (Lipinski definition) is 1. The quantitative estimate of drug-likeness (QED) is 0.774. The Bertz CT molecular complexity index is 477. The number of carbonyl (C=O) groups is 1. The van der Waals surface area contributed by atoms with Crippen molar-refractivity contribution in [2.75, 3.05) is 0 Å². The molecule has 0 unspecified atom stereocenters. The van der Waals surface area contributed by atoms with Crippen molar-refractivity contribution in [1.29, 1.82) is 0 Å². The lowest BCUT2D eigenvalue weighted by molar-refractivity contribution is 0.100. The Labute approximate surface area is 83.9 Å². The molecule has 0 fully saturated rings. The molecular formula is C9H6ClNOS. The maximum absolute atomic E-state index is 11.0. The van der Waals surface area contributed by atoms with Crippen molar-refractivity contribution in [3.8, 4) is 0 Å². The van der Waals surface area contributed by atoms with Crippen LogP contribution in [0.3, 0.4) is 0 Å². The van der Waals surface area contributed by atoms with Crippen LogP contribution in [0.4, 0.5) is 0 Å². The summed E-state index contributed by atoms with van der Waals surface area (Å²) >= 11 is 7.30. The third-order valence-electron chi connectivity index (χ3n) is 1.80. The van der Waals surface area contributed by atoms with E-state index >= 15 is 0 Å². The molecule has 2 rings (SSSR count). The minimum Gasteiger partial charge on any atom is -0.366 e. The van der Waals surface area contributed by atoms with Gasteiger partial charge >= 0.3 is 0 Å². The lowest BCUT2D eigenvalue weighted by Gasteiger charge is -1.93. The maximum Gasteiger partial charge on any atom is 0.250 e. The fraction of sp³-hybridized carbons (Fsp3) is 0. The van der Waals surface area contributed by atoms with Crippen molar-refractivity contribution >= 4 is 38.9 Å². The van der Waals surface area contributed by atoms with Gasteiger partial charge in [0.1, 0.15) is 0 Å². The van der Waals surface area contributed by atoms with Crippen LogP contribution in [0.2, 0.25) is 5.02 Å². The number of hydrogen-bond acceptors (Lipinski definition) is 2. The third-order valence-corrected chi connectivity index (χ3v) is 3.00. The van der Waals surface area contributed by atoms with Gasteiger partial charge in [-0.15, -0.1) is 11.3 Å². The molecule has 0 aliphatic heterocycles. The number of amides is 1. The highest BCUT2D eigenvalue weighted by atomic mass is 35.5. The number of rotatable bonds is 1. The fourth-order valence-corrected chi connectivity index (χ4v) is 2.29. The van der Waals surface area contributed by atoms with E-state index in [2.05, 4.69) is 0 Å². The predicted octanol–water partition coefficient (Wildman–Crippen LogP) is 2.65. The van der Waals surface area contributed by atoms with Crippen LogP contribution in [0.1, 0.15) is 10.4 Å². The van der Waals surface area contributed by atoms with E-state index in [4.69, 9.17) is 17.3 Å². The van der Waals surface area contributed by atoms with Crippen LogP contribution in [0.5, 0.6) is 0 Å². The highest BCUT2D eigenvalue weighted by Crippen LogP contribution is 2.28. The van der Waals surface area contributed by atoms with Gasteiger partial charge in [-0.2, -0.15) is 0 Å². The number of fused-ring (bicyclic) bond motifs is 1. The first-order valence-electron chi connectivity index (χ1n) is 3.65. The van der Waals surface area contributed by atoms with Gasteiger partial charge in [0.2, 0.25) is 5.91 Å². The Kier molecular flexibility index (Phi) is 1.98. The van der Waals surface area contributed by atoms with E-state index < -0.39 is 5.91 Å². The van der Waals surface area contributed by atoms with Crippen LogP contribution < -0.4 is 5.73 Å². The van der Waals surface area contributed by atoms with Gasteiger partial charge in [-0.3, -0.25) is 4.79 Å². The van der Waals surface area contributed by atoms with Crippen molar-refractivity contribution < 1.29 is 4.79 Å². The minimum absolute atomic E-state index is 0.409. The first-order valence-corrected chi connectivity index (χ1v) is 4.91. The molecule has 0 aliphatic rings. The second-order valence-electron chi connectivity index (χ2n) is 2.65. The Hall–Kier alpha value is -1.06. The molecule has 0 spiro atoms. The summed E-state index contributed by atoms with van der Waals surface area (Å²) in [6.45, 7) is 0. The van der Waals surface area contributed by atoms with Crippen molar-refractivity contribution in [2.45, 2.75) is 0 Å². The predicted molar refractivity (Wildman–Crippen MR) is 55.4 cm³/mol. The molecule has 2 aromatic rings. The molecule has 1 amide bonds. The average Bonchev–Trinajstić information content (AvgIpc) is 2.46. The lowest BCUT2D eigenvalue weighted by atomic mass is 10.2. The normalized spacial score (nSPS) is 10.5. The van der Waals surface area contributed by atoms with Gasteiger partial charge in [0.05, 0.1) is 5.56 Å². The Balaban J connectivity index is 2.79. The van der Waals surface area contributed by atoms with Crippen LogP contribution in [-0.4, -0.2) is 5.91 Å². The molecule has 2 nitrogen and oxygen atoms in total. The van der Waals surface area contributed by atoms with Gasteiger partial charge in [0.15, 0.2) is 0 Å². The van der Waals surface area contributed by atoms with Crippen LogP contribution in [0.15, 0.2) is 23.6 Å². The van der Waals surface area contributed by atoms with E-state index in [0.29, 0.717) is 10.6 Å². The maximum atomic E-state index is 11.0. The molecule has 1 aromatic carbocycles. The second-order valence-corrected chi connectivity index (χ2v) is 4.00. The van der Waals surface area contributed by atoms with Gasteiger partial charge in [-0.25, -0.2) is 0 Å². The molecular weight excluding hydrogens is 206 g/mol. The number of benzene rings is 1.